The van der Waals surface area contributed by atoms with Gasteiger partial charge in [-0.3, -0.25) is 9.89 Å². The fraction of sp³-hybridized carbons (Fsp3) is 0.100. The second-order valence-corrected chi connectivity index (χ2v) is 3.08. The van der Waals surface area contributed by atoms with Gasteiger partial charge in [-0.15, -0.1) is 0 Å². The maximum Gasteiger partial charge on any atom is 0.490 e. The molecule has 0 saturated carbocycles. The minimum Gasteiger partial charge on any atom is -0.475 e. The smallest absolute Gasteiger partial charge is 0.475 e. The summed E-state index contributed by atoms with van der Waals surface area (Å²) in [5.41, 5.74) is 0.736. The topological polar surface area (TPSA) is 83.0 Å². The Morgan fingerprint density at radius 2 is 1.83 bits per heavy atom. The van der Waals surface area contributed by atoms with Crippen LogP contribution in [0.15, 0.2) is 35.3 Å². The standard InChI is InChI=1S/C8H6N2O.C2HF3O2/c11-8-5-9-10-7-4-2-1-3-6(7)8;3-2(4,5)1(6)7/h1-5H,(H,10,11);(H,6,7). The van der Waals surface area contributed by atoms with Gasteiger partial charge in [0.05, 0.1) is 11.7 Å². The Balaban J connectivity index is 0.000000203. The molecule has 1 heterocycles. The van der Waals surface area contributed by atoms with Gasteiger partial charge in [-0.25, -0.2) is 4.79 Å². The number of halogens is 3. The molecule has 0 saturated heterocycles. The van der Waals surface area contributed by atoms with Gasteiger partial charge in [-0.2, -0.15) is 18.3 Å². The molecule has 18 heavy (non-hydrogen) atoms. The average molecular weight is 260 g/mol. The number of benzene rings is 1. The molecule has 0 spiro atoms. The summed E-state index contributed by atoms with van der Waals surface area (Å²) in [4.78, 5) is 20.0. The monoisotopic (exact) mass is 260 g/mol. The number of aromatic amines is 1. The molecule has 8 heteroatoms. The molecule has 0 aliphatic heterocycles. The van der Waals surface area contributed by atoms with Crippen molar-refractivity contribution >= 4 is 16.9 Å². The molecule has 2 aromatic rings. The van der Waals surface area contributed by atoms with E-state index in [0.29, 0.717) is 5.39 Å². The first-order chi connectivity index (χ1) is 8.32. The van der Waals surface area contributed by atoms with E-state index in [-0.39, 0.29) is 5.43 Å². The van der Waals surface area contributed by atoms with Crippen LogP contribution < -0.4 is 5.43 Å². The Labute approximate surface area is 97.9 Å². The fourth-order valence-electron chi connectivity index (χ4n) is 1.03. The van der Waals surface area contributed by atoms with Gasteiger partial charge in [-0.1, -0.05) is 12.1 Å². The maximum atomic E-state index is 11.1. The summed E-state index contributed by atoms with van der Waals surface area (Å²) in [6.45, 7) is 0. The summed E-state index contributed by atoms with van der Waals surface area (Å²) in [5, 5.41) is 14.2. The molecular weight excluding hydrogens is 253 g/mol. The van der Waals surface area contributed by atoms with Gasteiger partial charge in [0.1, 0.15) is 0 Å². The Kier molecular flexibility index (Phi) is 4.03. The van der Waals surface area contributed by atoms with Crippen LogP contribution in [0, 0.1) is 0 Å². The predicted octanol–water partition coefficient (Wildman–Crippen LogP) is 1.56. The van der Waals surface area contributed by atoms with Gasteiger partial charge in [-0.05, 0) is 12.1 Å². The number of carbonyl (C=O) groups is 1. The Morgan fingerprint density at radius 3 is 2.33 bits per heavy atom. The Bertz CT molecular complexity index is 602. The lowest BCUT2D eigenvalue weighted by Crippen LogP contribution is -2.21. The summed E-state index contributed by atoms with van der Waals surface area (Å²) in [5.74, 6) is -2.76. The number of carboxylic acids is 1. The molecule has 0 atom stereocenters. The van der Waals surface area contributed by atoms with Gasteiger partial charge in [0.2, 0.25) is 5.43 Å². The van der Waals surface area contributed by atoms with Crippen molar-refractivity contribution in [2.75, 3.05) is 0 Å². The summed E-state index contributed by atoms with van der Waals surface area (Å²) in [7, 11) is 0. The van der Waals surface area contributed by atoms with Gasteiger partial charge in [0, 0.05) is 5.39 Å². The van der Waals surface area contributed by atoms with E-state index in [1.807, 2.05) is 18.2 Å². The number of fused-ring (bicyclic) bond motifs is 1. The van der Waals surface area contributed by atoms with E-state index in [4.69, 9.17) is 9.90 Å². The highest BCUT2D eigenvalue weighted by atomic mass is 19.4. The van der Waals surface area contributed by atoms with Crippen LogP contribution >= 0.6 is 0 Å². The average Bonchev–Trinajstić information content (AvgIpc) is 2.29. The van der Waals surface area contributed by atoms with E-state index >= 15 is 0 Å². The molecule has 0 unspecified atom stereocenters. The second-order valence-electron chi connectivity index (χ2n) is 3.08. The lowest BCUT2D eigenvalue weighted by atomic mass is 10.2. The van der Waals surface area contributed by atoms with Crippen molar-refractivity contribution in [1.82, 2.24) is 10.2 Å². The number of nitrogens with one attached hydrogen (secondary N) is 1. The first-order valence-corrected chi connectivity index (χ1v) is 4.55. The van der Waals surface area contributed by atoms with E-state index in [2.05, 4.69) is 10.2 Å². The number of alkyl halides is 3. The number of rotatable bonds is 0. The van der Waals surface area contributed by atoms with Crippen LogP contribution in [-0.2, 0) is 4.79 Å². The minimum atomic E-state index is -5.08. The van der Waals surface area contributed by atoms with E-state index < -0.39 is 12.1 Å². The summed E-state index contributed by atoms with van der Waals surface area (Å²) < 4.78 is 31.7. The molecule has 96 valence electrons. The van der Waals surface area contributed by atoms with Crippen molar-refractivity contribution in [2.45, 2.75) is 6.18 Å². The third-order valence-corrected chi connectivity index (χ3v) is 1.80. The summed E-state index contributed by atoms with van der Waals surface area (Å²) >= 11 is 0. The fourth-order valence-corrected chi connectivity index (χ4v) is 1.03. The number of H-pyrrole nitrogens is 1. The quantitative estimate of drug-likeness (QED) is 0.752. The first kappa shape index (κ1) is 13.7. The van der Waals surface area contributed by atoms with Crippen LogP contribution in [0.5, 0.6) is 0 Å². The van der Waals surface area contributed by atoms with Crippen molar-refractivity contribution in [2.24, 2.45) is 0 Å². The van der Waals surface area contributed by atoms with Crippen LogP contribution in [0.25, 0.3) is 10.9 Å². The zero-order valence-corrected chi connectivity index (χ0v) is 8.73. The minimum absolute atomic E-state index is 0.0423. The van der Waals surface area contributed by atoms with E-state index in [1.165, 1.54) is 6.20 Å². The molecule has 0 bridgehead atoms. The number of nitrogens with zero attached hydrogens (tertiary/aromatic N) is 1. The third-order valence-electron chi connectivity index (χ3n) is 1.80. The summed E-state index contributed by atoms with van der Waals surface area (Å²) in [6.07, 6.45) is -3.80. The van der Waals surface area contributed by atoms with E-state index in [1.54, 1.807) is 6.07 Å². The molecule has 2 rings (SSSR count). The zero-order chi connectivity index (χ0) is 13.8. The molecule has 0 aliphatic rings. The van der Waals surface area contributed by atoms with Crippen molar-refractivity contribution in [3.05, 3.63) is 40.7 Å². The normalized spacial score (nSPS) is 10.6. The molecule has 0 radical (unpaired) electrons. The van der Waals surface area contributed by atoms with Crippen molar-refractivity contribution < 1.29 is 23.1 Å². The molecule has 1 aromatic carbocycles. The van der Waals surface area contributed by atoms with Crippen LogP contribution in [0.3, 0.4) is 0 Å². The molecule has 1 aromatic heterocycles. The number of aromatic nitrogens is 2. The number of para-hydroxylation sites is 1. The molecule has 5 nitrogen and oxygen atoms in total. The van der Waals surface area contributed by atoms with Crippen molar-refractivity contribution in [3.63, 3.8) is 0 Å². The molecular formula is C10H7F3N2O3. The number of hydrogen-bond acceptors (Lipinski definition) is 3. The number of carboxylic acid groups (broad SMARTS) is 1. The summed E-state index contributed by atoms with van der Waals surface area (Å²) in [6, 6.07) is 7.29. The first-order valence-electron chi connectivity index (χ1n) is 4.55. The van der Waals surface area contributed by atoms with Gasteiger partial charge in [0.25, 0.3) is 0 Å². The number of hydrogen-bond donors (Lipinski definition) is 2. The lowest BCUT2D eigenvalue weighted by Gasteiger charge is -1.93. The third kappa shape index (κ3) is 3.58. The van der Waals surface area contributed by atoms with Crippen LogP contribution in [0.4, 0.5) is 13.2 Å². The highest BCUT2D eigenvalue weighted by molar-refractivity contribution is 5.77. The van der Waals surface area contributed by atoms with Crippen molar-refractivity contribution in [1.29, 1.82) is 0 Å². The van der Waals surface area contributed by atoms with Crippen LogP contribution in [0.1, 0.15) is 0 Å². The van der Waals surface area contributed by atoms with Gasteiger partial charge in [0.15, 0.2) is 0 Å². The van der Waals surface area contributed by atoms with Gasteiger partial charge >= 0.3 is 12.1 Å². The predicted molar refractivity (Wildman–Crippen MR) is 56.1 cm³/mol. The van der Waals surface area contributed by atoms with E-state index in [0.717, 1.165) is 5.52 Å². The highest BCUT2D eigenvalue weighted by Gasteiger charge is 2.38. The van der Waals surface area contributed by atoms with Crippen LogP contribution in [-0.4, -0.2) is 27.4 Å². The van der Waals surface area contributed by atoms with E-state index in [9.17, 15) is 18.0 Å². The Morgan fingerprint density at radius 1 is 1.28 bits per heavy atom. The van der Waals surface area contributed by atoms with Crippen LogP contribution in [0.2, 0.25) is 0 Å². The lowest BCUT2D eigenvalue weighted by molar-refractivity contribution is -0.192. The Hall–Kier alpha value is -2.38. The van der Waals surface area contributed by atoms with Gasteiger partial charge < -0.3 is 5.11 Å². The second kappa shape index (κ2) is 5.30. The molecule has 2 N–H and O–H groups in total. The highest BCUT2D eigenvalue weighted by Crippen LogP contribution is 2.13. The maximum absolute atomic E-state index is 11.1. The largest absolute Gasteiger partial charge is 0.490 e. The molecule has 0 fully saturated rings. The SMILES string of the molecule is O=C(O)C(F)(F)F.O=c1cn[nH]c2ccccc12. The molecule has 0 aliphatic carbocycles. The molecule has 0 amide bonds. The number of aliphatic carboxylic acids is 1. The zero-order valence-electron chi connectivity index (χ0n) is 8.73. The van der Waals surface area contributed by atoms with Crippen molar-refractivity contribution in [3.8, 4) is 0 Å².